The Labute approximate surface area is 117 Å². The van der Waals surface area contributed by atoms with Gasteiger partial charge in [0.15, 0.2) is 0 Å². The summed E-state index contributed by atoms with van der Waals surface area (Å²) in [6.07, 6.45) is 1.49. The normalized spacial score (nSPS) is 17.6. The second-order valence-electron chi connectivity index (χ2n) is 5.31. The van der Waals surface area contributed by atoms with E-state index in [-0.39, 0.29) is 18.3 Å². The Morgan fingerprint density at radius 1 is 1.45 bits per heavy atom. The smallest absolute Gasteiger partial charge is 0.246 e. The highest BCUT2D eigenvalue weighted by Gasteiger charge is 2.22. The van der Waals surface area contributed by atoms with Crippen molar-refractivity contribution >= 4 is 5.91 Å². The number of aliphatic hydroxyl groups is 1. The first-order chi connectivity index (χ1) is 9.56. The van der Waals surface area contributed by atoms with Gasteiger partial charge in [-0.3, -0.25) is 4.79 Å². The molecule has 1 amide bonds. The van der Waals surface area contributed by atoms with Crippen molar-refractivity contribution in [3.05, 3.63) is 35.6 Å². The van der Waals surface area contributed by atoms with Crippen LogP contribution in [0.15, 0.2) is 24.3 Å². The van der Waals surface area contributed by atoms with E-state index in [0.29, 0.717) is 18.1 Å². The summed E-state index contributed by atoms with van der Waals surface area (Å²) in [7, 11) is 0. The summed E-state index contributed by atoms with van der Waals surface area (Å²) < 4.78 is 18.1. The molecule has 2 atom stereocenters. The molecule has 0 saturated heterocycles. The molecule has 0 aliphatic heterocycles. The van der Waals surface area contributed by atoms with Crippen LogP contribution in [0, 0.1) is 11.7 Å². The highest BCUT2D eigenvalue weighted by molar-refractivity contribution is 5.77. The Bertz CT molecular complexity index is 445. The first-order valence-electron chi connectivity index (χ1n) is 6.87. The topological polar surface area (TPSA) is 58.6 Å². The van der Waals surface area contributed by atoms with Crippen LogP contribution in [0.3, 0.4) is 0 Å². The van der Waals surface area contributed by atoms with E-state index in [0.717, 1.165) is 0 Å². The summed E-state index contributed by atoms with van der Waals surface area (Å²) in [5.41, 5.74) is 0.568. The molecular weight excluding hydrogens is 261 g/mol. The van der Waals surface area contributed by atoms with E-state index in [9.17, 15) is 14.3 Å². The summed E-state index contributed by atoms with van der Waals surface area (Å²) >= 11 is 0. The molecule has 0 bridgehead atoms. The first kappa shape index (κ1) is 14.9. The van der Waals surface area contributed by atoms with Gasteiger partial charge in [0.2, 0.25) is 5.91 Å². The van der Waals surface area contributed by atoms with Crippen molar-refractivity contribution < 1.29 is 19.0 Å². The van der Waals surface area contributed by atoms with Gasteiger partial charge in [0.05, 0.1) is 18.8 Å². The van der Waals surface area contributed by atoms with Crippen molar-refractivity contribution in [3.8, 4) is 0 Å². The first-order valence-corrected chi connectivity index (χ1v) is 6.87. The van der Waals surface area contributed by atoms with Gasteiger partial charge in [-0.2, -0.15) is 0 Å². The molecule has 1 aromatic carbocycles. The van der Waals surface area contributed by atoms with Crippen LogP contribution in [0.4, 0.5) is 4.39 Å². The van der Waals surface area contributed by atoms with Crippen molar-refractivity contribution in [1.29, 1.82) is 0 Å². The van der Waals surface area contributed by atoms with Crippen LogP contribution in [-0.4, -0.2) is 30.3 Å². The molecule has 1 aromatic rings. The van der Waals surface area contributed by atoms with Gasteiger partial charge in [0.25, 0.3) is 0 Å². The van der Waals surface area contributed by atoms with Gasteiger partial charge in [-0.05, 0) is 43.4 Å². The Hall–Kier alpha value is -1.46. The number of benzene rings is 1. The van der Waals surface area contributed by atoms with Gasteiger partial charge < -0.3 is 15.2 Å². The van der Waals surface area contributed by atoms with E-state index in [1.54, 1.807) is 6.92 Å². The van der Waals surface area contributed by atoms with Gasteiger partial charge in [0, 0.05) is 0 Å². The zero-order valence-electron chi connectivity index (χ0n) is 11.5. The fourth-order valence-electron chi connectivity index (χ4n) is 1.93. The summed E-state index contributed by atoms with van der Waals surface area (Å²) in [5, 5.41) is 12.8. The lowest BCUT2D eigenvalue weighted by molar-refractivity contribution is -0.127. The maximum Gasteiger partial charge on any atom is 0.246 e. The predicted molar refractivity (Wildman–Crippen MR) is 72.5 cm³/mol. The third-order valence-corrected chi connectivity index (χ3v) is 3.36. The predicted octanol–water partition coefficient (Wildman–Crippen LogP) is 1.79. The van der Waals surface area contributed by atoms with Crippen LogP contribution in [0.25, 0.3) is 0 Å². The van der Waals surface area contributed by atoms with Crippen LogP contribution in [0.2, 0.25) is 0 Å². The third-order valence-electron chi connectivity index (χ3n) is 3.36. The zero-order valence-corrected chi connectivity index (χ0v) is 11.5. The molecule has 4 nitrogen and oxygen atoms in total. The second kappa shape index (κ2) is 6.81. The molecule has 0 radical (unpaired) electrons. The Morgan fingerprint density at radius 3 is 2.70 bits per heavy atom. The Kier molecular flexibility index (Phi) is 5.09. The second-order valence-corrected chi connectivity index (χ2v) is 5.31. The van der Waals surface area contributed by atoms with Crippen molar-refractivity contribution in [2.24, 2.45) is 5.92 Å². The largest absolute Gasteiger partial charge is 0.386 e. The fourth-order valence-corrected chi connectivity index (χ4v) is 1.93. The molecule has 2 N–H and O–H groups in total. The number of nitrogens with one attached hydrogen (secondary N) is 1. The van der Waals surface area contributed by atoms with Gasteiger partial charge in [0.1, 0.15) is 12.4 Å². The van der Waals surface area contributed by atoms with E-state index >= 15 is 0 Å². The maximum absolute atomic E-state index is 12.8. The lowest BCUT2D eigenvalue weighted by atomic mass is 10.0. The lowest BCUT2D eigenvalue weighted by Gasteiger charge is -2.20. The van der Waals surface area contributed by atoms with Crippen LogP contribution in [0.5, 0.6) is 0 Å². The number of hydrogen-bond donors (Lipinski definition) is 2. The highest BCUT2D eigenvalue weighted by Crippen LogP contribution is 2.28. The number of ether oxygens (including phenoxy) is 1. The maximum atomic E-state index is 12.8. The molecular formula is C15H20FNO3. The van der Waals surface area contributed by atoms with Crippen molar-refractivity contribution in [2.75, 3.05) is 13.2 Å². The molecule has 110 valence electrons. The molecule has 1 aliphatic carbocycles. The summed E-state index contributed by atoms with van der Waals surface area (Å²) in [6, 6.07) is 5.12. The summed E-state index contributed by atoms with van der Waals surface area (Å²) in [6.45, 7) is 2.34. The number of hydrogen-bond acceptors (Lipinski definition) is 3. The third kappa shape index (κ3) is 4.58. The van der Waals surface area contributed by atoms with Crippen molar-refractivity contribution in [2.45, 2.75) is 31.9 Å². The number of halogens is 1. The van der Waals surface area contributed by atoms with Crippen LogP contribution >= 0.6 is 0 Å². The van der Waals surface area contributed by atoms with E-state index in [1.165, 1.54) is 37.1 Å². The van der Waals surface area contributed by atoms with Crippen LogP contribution < -0.4 is 5.32 Å². The minimum atomic E-state index is -0.872. The number of rotatable bonds is 7. The Morgan fingerprint density at radius 2 is 2.10 bits per heavy atom. The van der Waals surface area contributed by atoms with E-state index < -0.39 is 12.1 Å². The average Bonchev–Trinajstić information content (AvgIpc) is 3.23. The van der Waals surface area contributed by atoms with Crippen molar-refractivity contribution in [1.82, 2.24) is 5.32 Å². The molecule has 5 heteroatoms. The lowest BCUT2D eigenvalue weighted by Crippen LogP contribution is -2.39. The SMILES string of the molecule is CC(NC(=O)COCC1CC1)C(O)c1ccc(F)cc1. The van der Waals surface area contributed by atoms with E-state index in [2.05, 4.69) is 5.32 Å². The molecule has 2 rings (SSSR count). The Balaban J connectivity index is 1.75. The van der Waals surface area contributed by atoms with Crippen LogP contribution in [-0.2, 0) is 9.53 Å². The molecule has 1 saturated carbocycles. The summed E-state index contributed by atoms with van der Waals surface area (Å²) in [4.78, 5) is 11.6. The monoisotopic (exact) mass is 281 g/mol. The highest BCUT2D eigenvalue weighted by atomic mass is 19.1. The molecule has 0 aromatic heterocycles. The molecule has 2 unspecified atom stereocenters. The number of amides is 1. The van der Waals surface area contributed by atoms with Gasteiger partial charge >= 0.3 is 0 Å². The zero-order chi connectivity index (χ0) is 14.5. The number of carbonyl (C=O) groups is 1. The number of carbonyl (C=O) groups excluding carboxylic acids is 1. The van der Waals surface area contributed by atoms with Gasteiger partial charge in [-0.1, -0.05) is 12.1 Å². The van der Waals surface area contributed by atoms with Gasteiger partial charge in [-0.25, -0.2) is 4.39 Å². The molecule has 0 spiro atoms. The van der Waals surface area contributed by atoms with Crippen molar-refractivity contribution in [3.63, 3.8) is 0 Å². The molecule has 1 aliphatic rings. The summed E-state index contributed by atoms with van der Waals surface area (Å²) in [5.74, 6) is 0.00968. The molecule has 0 heterocycles. The average molecular weight is 281 g/mol. The fraction of sp³-hybridized carbons (Fsp3) is 0.533. The minimum absolute atomic E-state index is 0.0109. The standard InChI is InChI=1S/C15H20FNO3/c1-10(15(19)12-4-6-13(16)7-5-12)17-14(18)9-20-8-11-2-3-11/h4-7,10-11,15,19H,2-3,8-9H2,1H3,(H,17,18). The quantitative estimate of drug-likeness (QED) is 0.801. The molecule has 1 fully saturated rings. The number of aliphatic hydroxyl groups excluding tert-OH is 1. The minimum Gasteiger partial charge on any atom is -0.386 e. The van der Waals surface area contributed by atoms with E-state index in [1.807, 2.05) is 0 Å². The molecule has 20 heavy (non-hydrogen) atoms. The van der Waals surface area contributed by atoms with E-state index in [4.69, 9.17) is 4.74 Å². The van der Waals surface area contributed by atoms with Gasteiger partial charge in [-0.15, -0.1) is 0 Å². The van der Waals surface area contributed by atoms with Crippen LogP contribution in [0.1, 0.15) is 31.4 Å².